The number of nitrogens with zero attached hydrogens (tertiary/aromatic N) is 5. The quantitative estimate of drug-likeness (QED) is 0.728. The first-order chi connectivity index (χ1) is 13.6. The van der Waals surface area contributed by atoms with Gasteiger partial charge in [-0.15, -0.1) is 0 Å². The molecule has 0 aliphatic carbocycles. The lowest BCUT2D eigenvalue weighted by Crippen LogP contribution is -2.32. The largest absolute Gasteiger partial charge is 0.361 e. The van der Waals surface area contributed by atoms with Gasteiger partial charge in [0.15, 0.2) is 0 Å². The van der Waals surface area contributed by atoms with Gasteiger partial charge < -0.3 is 14.7 Å². The van der Waals surface area contributed by atoms with Crippen LogP contribution in [0, 0.1) is 13.8 Å². The molecule has 28 heavy (non-hydrogen) atoms. The highest BCUT2D eigenvalue weighted by Gasteiger charge is 2.31. The molecule has 1 aliphatic heterocycles. The van der Waals surface area contributed by atoms with Gasteiger partial charge in [0.25, 0.3) is 0 Å². The van der Waals surface area contributed by atoms with Crippen LogP contribution in [0.15, 0.2) is 41.3 Å². The van der Waals surface area contributed by atoms with E-state index in [1.165, 1.54) is 0 Å². The highest BCUT2D eigenvalue weighted by Crippen LogP contribution is 2.32. The molecule has 1 N–H and O–H groups in total. The van der Waals surface area contributed by atoms with Gasteiger partial charge in [-0.05, 0) is 44.9 Å². The zero-order valence-electron chi connectivity index (χ0n) is 15.9. The Bertz CT molecular complexity index is 935. The van der Waals surface area contributed by atoms with E-state index in [1.54, 1.807) is 24.7 Å². The fourth-order valence-corrected chi connectivity index (χ4v) is 3.55. The maximum Gasteiger partial charge on any atom is 0.227 e. The number of nitrogens with one attached hydrogen (secondary N) is 1. The van der Waals surface area contributed by atoms with E-state index in [0.29, 0.717) is 18.1 Å². The number of carbonyl (C=O) groups excluding carboxylic acids is 1. The number of pyridine rings is 1. The number of amides is 1. The maximum absolute atomic E-state index is 12.9. The van der Waals surface area contributed by atoms with Crippen molar-refractivity contribution in [1.82, 2.24) is 25.0 Å². The highest BCUT2D eigenvalue weighted by molar-refractivity contribution is 5.80. The predicted molar refractivity (Wildman–Crippen MR) is 103 cm³/mol. The molecule has 3 aromatic rings. The highest BCUT2D eigenvalue weighted by atomic mass is 16.5. The Labute approximate surface area is 163 Å². The van der Waals surface area contributed by atoms with Gasteiger partial charge in [-0.25, -0.2) is 9.97 Å². The monoisotopic (exact) mass is 378 g/mol. The van der Waals surface area contributed by atoms with Crippen LogP contribution >= 0.6 is 0 Å². The summed E-state index contributed by atoms with van der Waals surface area (Å²) < 4.78 is 5.18. The van der Waals surface area contributed by atoms with E-state index in [0.717, 1.165) is 42.0 Å². The topological polar surface area (TPSA) is 97.0 Å². The number of likely N-dealkylation sites (tertiary alicyclic amines) is 1. The zero-order valence-corrected chi connectivity index (χ0v) is 15.9. The van der Waals surface area contributed by atoms with E-state index < -0.39 is 0 Å². The lowest BCUT2D eigenvalue weighted by molar-refractivity contribution is -0.131. The predicted octanol–water partition coefficient (Wildman–Crippen LogP) is 3.13. The number of aromatic nitrogens is 4. The number of carbonyl (C=O) groups is 1. The minimum atomic E-state index is -0.00463. The van der Waals surface area contributed by atoms with Crippen molar-refractivity contribution in [2.45, 2.75) is 39.2 Å². The zero-order chi connectivity index (χ0) is 19.5. The molecule has 1 saturated heterocycles. The van der Waals surface area contributed by atoms with Crippen LogP contribution in [-0.4, -0.2) is 37.5 Å². The number of aryl methyl sites for hydroxylation is 2. The second kappa shape index (κ2) is 7.75. The molecule has 4 heterocycles. The van der Waals surface area contributed by atoms with Crippen molar-refractivity contribution in [2.24, 2.45) is 0 Å². The average molecular weight is 378 g/mol. The van der Waals surface area contributed by atoms with Gasteiger partial charge in [-0.3, -0.25) is 9.78 Å². The minimum absolute atomic E-state index is 0.00463. The first kappa shape index (κ1) is 18.1. The van der Waals surface area contributed by atoms with Crippen molar-refractivity contribution in [2.75, 3.05) is 11.9 Å². The molecule has 3 aromatic heterocycles. The average Bonchev–Trinajstić information content (AvgIpc) is 3.32. The maximum atomic E-state index is 12.9. The third-order valence-electron chi connectivity index (χ3n) is 5.03. The Hall–Kier alpha value is -3.29. The van der Waals surface area contributed by atoms with Gasteiger partial charge in [0.05, 0.1) is 35.7 Å². The van der Waals surface area contributed by atoms with Gasteiger partial charge >= 0.3 is 0 Å². The molecule has 0 unspecified atom stereocenters. The van der Waals surface area contributed by atoms with Gasteiger partial charge in [0.2, 0.25) is 11.9 Å². The van der Waals surface area contributed by atoms with Gasteiger partial charge in [0.1, 0.15) is 5.76 Å². The smallest absolute Gasteiger partial charge is 0.227 e. The summed E-state index contributed by atoms with van der Waals surface area (Å²) >= 11 is 0. The molecule has 1 fully saturated rings. The van der Waals surface area contributed by atoms with Gasteiger partial charge in [-0.2, -0.15) is 0 Å². The lowest BCUT2D eigenvalue weighted by Gasteiger charge is -2.24. The fraction of sp³-hybridized carbons (Fsp3) is 0.350. The van der Waals surface area contributed by atoms with Crippen LogP contribution in [0.1, 0.15) is 41.6 Å². The fourth-order valence-electron chi connectivity index (χ4n) is 3.55. The summed E-state index contributed by atoms with van der Waals surface area (Å²) in [5, 5.41) is 7.06. The number of rotatable bonds is 5. The van der Waals surface area contributed by atoms with Crippen LogP contribution in [-0.2, 0) is 11.2 Å². The number of hydrogen-bond acceptors (Lipinski definition) is 7. The first-order valence-corrected chi connectivity index (χ1v) is 9.33. The number of hydrogen-bond donors (Lipinski definition) is 1. The van der Waals surface area contributed by atoms with Crippen LogP contribution in [0.2, 0.25) is 0 Å². The van der Waals surface area contributed by atoms with Crippen molar-refractivity contribution in [3.8, 4) is 0 Å². The van der Waals surface area contributed by atoms with E-state index in [4.69, 9.17) is 4.52 Å². The van der Waals surface area contributed by atoms with E-state index >= 15 is 0 Å². The Morgan fingerprint density at radius 2 is 2.07 bits per heavy atom. The summed E-state index contributed by atoms with van der Waals surface area (Å²) in [4.78, 5) is 27.7. The Balaban J connectivity index is 1.46. The van der Waals surface area contributed by atoms with Crippen molar-refractivity contribution in [3.63, 3.8) is 0 Å². The Kier molecular flexibility index (Phi) is 5.01. The molecular weight excluding hydrogens is 356 g/mol. The van der Waals surface area contributed by atoms with Crippen LogP contribution in [0.3, 0.4) is 0 Å². The molecule has 1 atom stereocenters. The molecule has 0 spiro atoms. The molecule has 4 rings (SSSR count). The molecular formula is C20H22N6O2. The summed E-state index contributed by atoms with van der Waals surface area (Å²) in [5.74, 6) is 1.31. The van der Waals surface area contributed by atoms with Crippen LogP contribution < -0.4 is 5.32 Å². The summed E-state index contributed by atoms with van der Waals surface area (Å²) in [5.41, 5.74) is 3.36. The molecule has 144 valence electrons. The second-order valence-electron chi connectivity index (χ2n) is 6.89. The van der Waals surface area contributed by atoms with E-state index in [9.17, 15) is 4.79 Å². The number of anilines is 2. The van der Waals surface area contributed by atoms with E-state index in [1.807, 2.05) is 30.9 Å². The van der Waals surface area contributed by atoms with E-state index in [-0.39, 0.29) is 11.9 Å². The van der Waals surface area contributed by atoms with Crippen LogP contribution in [0.25, 0.3) is 0 Å². The summed E-state index contributed by atoms with van der Waals surface area (Å²) in [6, 6.07) is 5.65. The minimum Gasteiger partial charge on any atom is -0.361 e. The van der Waals surface area contributed by atoms with E-state index in [2.05, 4.69) is 25.4 Å². The third-order valence-corrected chi connectivity index (χ3v) is 5.03. The van der Waals surface area contributed by atoms with Crippen LogP contribution in [0.5, 0.6) is 0 Å². The van der Waals surface area contributed by atoms with Crippen LogP contribution in [0.4, 0.5) is 11.6 Å². The van der Waals surface area contributed by atoms with Crippen molar-refractivity contribution in [3.05, 3.63) is 59.5 Å². The Morgan fingerprint density at radius 3 is 2.75 bits per heavy atom. The van der Waals surface area contributed by atoms with Crippen molar-refractivity contribution in [1.29, 1.82) is 0 Å². The third kappa shape index (κ3) is 3.71. The molecule has 0 aromatic carbocycles. The molecule has 0 bridgehead atoms. The summed E-state index contributed by atoms with van der Waals surface area (Å²) in [6.07, 6.45) is 7.30. The van der Waals surface area contributed by atoms with Crippen molar-refractivity contribution < 1.29 is 9.32 Å². The molecule has 1 amide bonds. The summed E-state index contributed by atoms with van der Waals surface area (Å²) in [6.45, 7) is 4.45. The molecule has 8 heteroatoms. The first-order valence-electron chi connectivity index (χ1n) is 9.33. The lowest BCUT2D eigenvalue weighted by atomic mass is 10.1. The Morgan fingerprint density at radius 1 is 1.25 bits per heavy atom. The second-order valence-corrected chi connectivity index (χ2v) is 6.89. The molecule has 0 radical (unpaired) electrons. The molecule has 8 nitrogen and oxygen atoms in total. The molecule has 0 saturated carbocycles. The SMILES string of the molecule is Cc1noc(C)c1CC(=O)N1CCC[C@H]1c1ccc(Nc2ncccn2)cn1. The van der Waals surface area contributed by atoms with Gasteiger partial charge in [0, 0.05) is 24.5 Å². The molecule has 1 aliphatic rings. The van der Waals surface area contributed by atoms with Crippen molar-refractivity contribution >= 4 is 17.5 Å². The standard InChI is InChI=1S/C20H22N6O2/c1-13-16(14(2)28-25-13)11-19(27)26-10-3-5-18(26)17-7-6-15(12-23-17)24-20-21-8-4-9-22-20/h4,6-9,12,18H,3,5,10-11H2,1-2H3,(H,21,22,24)/t18-/m0/s1. The summed E-state index contributed by atoms with van der Waals surface area (Å²) in [7, 11) is 0. The normalized spacial score (nSPS) is 16.4. The van der Waals surface area contributed by atoms with Gasteiger partial charge in [-0.1, -0.05) is 5.16 Å².